The zero-order valence-corrected chi connectivity index (χ0v) is 14.5. The lowest BCUT2D eigenvalue weighted by Gasteiger charge is -2.16. The molecule has 0 heterocycles. The van der Waals surface area contributed by atoms with Crippen molar-refractivity contribution in [3.05, 3.63) is 68.1 Å². The van der Waals surface area contributed by atoms with Crippen LogP contribution in [-0.4, -0.2) is 5.91 Å². The molecule has 1 N–H and O–H groups in total. The van der Waals surface area contributed by atoms with Crippen LogP contribution in [0.3, 0.4) is 0 Å². The minimum Gasteiger partial charge on any atom is -0.345 e. The second kappa shape index (κ2) is 6.55. The Morgan fingerprint density at radius 2 is 1.80 bits per heavy atom. The average Bonchev–Trinajstić information content (AvgIpc) is 2.38. The van der Waals surface area contributed by atoms with Gasteiger partial charge < -0.3 is 5.32 Å². The molecule has 2 aromatic carbocycles. The first-order valence-electron chi connectivity index (χ1n) is 6.30. The van der Waals surface area contributed by atoms with E-state index in [9.17, 15) is 4.79 Å². The van der Waals surface area contributed by atoms with Crippen molar-refractivity contribution in [2.45, 2.75) is 19.9 Å². The Bertz CT molecular complexity index is 640. The van der Waals surface area contributed by atoms with Crippen LogP contribution in [0, 0.1) is 6.92 Å². The third-order valence-corrected chi connectivity index (χ3v) is 4.47. The largest absolute Gasteiger partial charge is 0.345 e. The van der Waals surface area contributed by atoms with Crippen molar-refractivity contribution in [1.29, 1.82) is 0 Å². The van der Waals surface area contributed by atoms with Crippen molar-refractivity contribution in [2.75, 3.05) is 0 Å². The van der Waals surface area contributed by atoms with Gasteiger partial charge in [-0.25, -0.2) is 0 Å². The Morgan fingerprint density at radius 3 is 2.45 bits per heavy atom. The number of hydrogen-bond donors (Lipinski definition) is 1. The summed E-state index contributed by atoms with van der Waals surface area (Å²) in [6.07, 6.45) is 0. The molecule has 0 fully saturated rings. The Hall–Kier alpha value is -1.13. The zero-order valence-electron chi connectivity index (χ0n) is 11.3. The predicted octanol–water partition coefficient (Wildman–Crippen LogP) is 5.01. The number of rotatable bonds is 3. The maximum Gasteiger partial charge on any atom is 0.252 e. The van der Waals surface area contributed by atoms with Gasteiger partial charge in [-0.15, -0.1) is 0 Å². The number of carbonyl (C=O) groups is 1. The zero-order chi connectivity index (χ0) is 14.7. The normalized spacial score (nSPS) is 12.0. The fourth-order valence-electron chi connectivity index (χ4n) is 1.98. The summed E-state index contributed by atoms with van der Waals surface area (Å²) in [4.78, 5) is 12.3. The summed E-state index contributed by atoms with van der Waals surface area (Å²) in [6.45, 7) is 3.97. The quantitative estimate of drug-likeness (QED) is 0.775. The molecule has 0 spiro atoms. The van der Waals surface area contributed by atoms with Crippen molar-refractivity contribution in [2.24, 2.45) is 0 Å². The number of benzene rings is 2. The van der Waals surface area contributed by atoms with E-state index in [0.29, 0.717) is 5.56 Å². The van der Waals surface area contributed by atoms with Crippen molar-refractivity contribution >= 4 is 37.8 Å². The highest BCUT2D eigenvalue weighted by Crippen LogP contribution is 2.24. The predicted molar refractivity (Wildman–Crippen MR) is 88.9 cm³/mol. The van der Waals surface area contributed by atoms with Crippen LogP contribution < -0.4 is 5.32 Å². The average molecular weight is 397 g/mol. The van der Waals surface area contributed by atoms with Gasteiger partial charge in [0.15, 0.2) is 0 Å². The van der Waals surface area contributed by atoms with Crippen LogP contribution in [0.5, 0.6) is 0 Å². The van der Waals surface area contributed by atoms with Gasteiger partial charge in [0.2, 0.25) is 0 Å². The lowest BCUT2D eigenvalue weighted by molar-refractivity contribution is 0.0939. The molecule has 1 atom stereocenters. The molecule has 2 aromatic rings. The summed E-state index contributed by atoms with van der Waals surface area (Å²) in [5.74, 6) is -0.0832. The standard InChI is InChI=1S/C16H15Br2NO/c1-10-7-8-13(15(18)9-10)16(20)19-11(2)12-5-3-4-6-14(12)17/h3-9,11H,1-2H3,(H,19,20). The molecule has 1 amide bonds. The Labute approximate surface area is 135 Å². The maximum atomic E-state index is 12.3. The molecule has 0 saturated heterocycles. The number of amides is 1. The third kappa shape index (κ3) is 3.49. The molecule has 0 aromatic heterocycles. The second-order valence-electron chi connectivity index (χ2n) is 4.70. The van der Waals surface area contributed by atoms with E-state index in [2.05, 4.69) is 37.2 Å². The second-order valence-corrected chi connectivity index (χ2v) is 6.41. The van der Waals surface area contributed by atoms with E-state index < -0.39 is 0 Å². The fourth-order valence-corrected chi connectivity index (χ4v) is 3.28. The molecule has 1 unspecified atom stereocenters. The molecular formula is C16H15Br2NO. The Kier molecular flexibility index (Phi) is 5.00. The summed E-state index contributed by atoms with van der Waals surface area (Å²) in [7, 11) is 0. The van der Waals surface area contributed by atoms with E-state index in [4.69, 9.17) is 0 Å². The molecule has 2 rings (SSSR count). The van der Waals surface area contributed by atoms with Crippen LogP contribution in [0.15, 0.2) is 51.4 Å². The van der Waals surface area contributed by atoms with Crippen LogP contribution in [-0.2, 0) is 0 Å². The van der Waals surface area contributed by atoms with Gasteiger partial charge in [-0.05, 0) is 59.1 Å². The molecule has 20 heavy (non-hydrogen) atoms. The first-order valence-corrected chi connectivity index (χ1v) is 7.89. The number of hydrogen-bond acceptors (Lipinski definition) is 1. The van der Waals surface area contributed by atoms with Crippen LogP contribution >= 0.6 is 31.9 Å². The maximum absolute atomic E-state index is 12.3. The molecule has 0 saturated carbocycles. The van der Waals surface area contributed by atoms with E-state index in [1.54, 1.807) is 0 Å². The van der Waals surface area contributed by atoms with Crippen LogP contribution in [0.25, 0.3) is 0 Å². The molecule has 0 aliphatic heterocycles. The molecular weight excluding hydrogens is 382 g/mol. The van der Waals surface area contributed by atoms with Gasteiger partial charge >= 0.3 is 0 Å². The molecule has 2 nitrogen and oxygen atoms in total. The van der Waals surface area contributed by atoms with Gasteiger partial charge in [-0.3, -0.25) is 4.79 Å². The van der Waals surface area contributed by atoms with Crippen LogP contribution in [0.4, 0.5) is 0 Å². The highest BCUT2D eigenvalue weighted by Gasteiger charge is 2.15. The van der Waals surface area contributed by atoms with Gasteiger partial charge in [0.05, 0.1) is 11.6 Å². The highest BCUT2D eigenvalue weighted by molar-refractivity contribution is 9.10. The number of carbonyl (C=O) groups excluding carboxylic acids is 1. The van der Waals surface area contributed by atoms with Crippen molar-refractivity contribution in [3.8, 4) is 0 Å². The van der Waals surface area contributed by atoms with Crippen molar-refractivity contribution in [1.82, 2.24) is 5.32 Å². The van der Waals surface area contributed by atoms with Crippen molar-refractivity contribution < 1.29 is 4.79 Å². The summed E-state index contributed by atoms with van der Waals surface area (Å²) in [5, 5.41) is 3.01. The van der Waals surface area contributed by atoms with Crippen LogP contribution in [0.1, 0.15) is 34.5 Å². The molecule has 0 aliphatic rings. The number of aryl methyl sites for hydroxylation is 1. The Balaban J connectivity index is 2.17. The number of nitrogens with one attached hydrogen (secondary N) is 1. The lowest BCUT2D eigenvalue weighted by Crippen LogP contribution is -2.27. The SMILES string of the molecule is Cc1ccc(C(=O)NC(C)c2ccccc2Br)c(Br)c1. The Morgan fingerprint density at radius 1 is 1.10 bits per heavy atom. The summed E-state index contributed by atoms with van der Waals surface area (Å²) in [6, 6.07) is 13.5. The molecule has 4 heteroatoms. The summed E-state index contributed by atoms with van der Waals surface area (Å²) < 4.78 is 1.81. The molecule has 104 valence electrons. The van der Waals surface area contributed by atoms with Crippen molar-refractivity contribution in [3.63, 3.8) is 0 Å². The monoisotopic (exact) mass is 395 g/mol. The molecule has 0 radical (unpaired) electrons. The molecule has 0 bridgehead atoms. The van der Waals surface area contributed by atoms with Gasteiger partial charge in [0, 0.05) is 8.95 Å². The van der Waals surface area contributed by atoms with E-state index in [1.165, 1.54) is 0 Å². The summed E-state index contributed by atoms with van der Waals surface area (Å²) in [5.41, 5.74) is 2.82. The first kappa shape index (κ1) is 15.3. The van der Waals surface area contributed by atoms with E-state index in [1.807, 2.05) is 56.3 Å². The third-order valence-electron chi connectivity index (χ3n) is 3.09. The van der Waals surface area contributed by atoms with E-state index in [0.717, 1.165) is 20.1 Å². The van der Waals surface area contributed by atoms with Gasteiger partial charge in [0.1, 0.15) is 0 Å². The smallest absolute Gasteiger partial charge is 0.252 e. The minimum atomic E-state index is -0.0832. The van der Waals surface area contributed by atoms with Crippen LogP contribution in [0.2, 0.25) is 0 Å². The van der Waals surface area contributed by atoms with E-state index >= 15 is 0 Å². The highest BCUT2D eigenvalue weighted by atomic mass is 79.9. The minimum absolute atomic E-state index is 0.0636. The van der Waals surface area contributed by atoms with E-state index in [-0.39, 0.29) is 11.9 Å². The lowest BCUT2D eigenvalue weighted by atomic mass is 10.1. The van der Waals surface area contributed by atoms with Gasteiger partial charge in [-0.1, -0.05) is 40.2 Å². The van der Waals surface area contributed by atoms with Gasteiger partial charge in [0.25, 0.3) is 5.91 Å². The first-order chi connectivity index (χ1) is 9.49. The van der Waals surface area contributed by atoms with Gasteiger partial charge in [-0.2, -0.15) is 0 Å². The number of halogens is 2. The summed E-state index contributed by atoms with van der Waals surface area (Å²) >= 11 is 6.94. The fraction of sp³-hybridized carbons (Fsp3) is 0.188. The molecule has 0 aliphatic carbocycles. The topological polar surface area (TPSA) is 29.1 Å².